The fourth-order valence-corrected chi connectivity index (χ4v) is 3.93. The van der Waals surface area contributed by atoms with E-state index in [1.807, 2.05) is 44.2 Å². The summed E-state index contributed by atoms with van der Waals surface area (Å²) in [5, 5.41) is 25.5. The topological polar surface area (TPSA) is 139 Å². The van der Waals surface area contributed by atoms with Gasteiger partial charge in [-0.1, -0.05) is 0 Å². The van der Waals surface area contributed by atoms with Gasteiger partial charge in [-0.2, -0.15) is 0 Å². The highest BCUT2D eigenvalue weighted by atomic mass is 16.7. The predicted octanol–water partition coefficient (Wildman–Crippen LogP) is 4.08. The number of aryl methyl sites for hydroxylation is 2. The predicted molar refractivity (Wildman–Crippen MR) is 150 cm³/mol. The van der Waals surface area contributed by atoms with E-state index < -0.39 is 18.1 Å². The molecule has 4 aromatic rings. The van der Waals surface area contributed by atoms with Crippen molar-refractivity contribution in [2.45, 2.75) is 38.9 Å². The number of hydrogen-bond donors (Lipinski definition) is 3. The zero-order valence-corrected chi connectivity index (χ0v) is 22.9. The Morgan fingerprint density at radius 3 is 2.52 bits per heavy atom. The molecule has 1 amide bonds. The summed E-state index contributed by atoms with van der Waals surface area (Å²) in [7, 11) is 2.82. The fraction of sp³-hybridized carbons (Fsp3) is 0.310. The van der Waals surface area contributed by atoms with Crippen LogP contribution in [0.25, 0.3) is 10.9 Å². The lowest BCUT2D eigenvalue weighted by Gasteiger charge is -2.19. The van der Waals surface area contributed by atoms with Crippen molar-refractivity contribution in [2.75, 3.05) is 26.1 Å². The van der Waals surface area contributed by atoms with Crippen LogP contribution >= 0.6 is 0 Å². The molecule has 0 fully saturated rings. The molecule has 0 aliphatic carbocycles. The van der Waals surface area contributed by atoms with E-state index in [4.69, 9.17) is 14.3 Å². The summed E-state index contributed by atoms with van der Waals surface area (Å²) in [5.41, 5.74) is 3.38. The first-order valence-corrected chi connectivity index (χ1v) is 12.7. The number of nitrogens with zero attached hydrogens (tertiary/aromatic N) is 4. The lowest BCUT2D eigenvalue weighted by Crippen LogP contribution is -2.31. The number of fused-ring (bicyclic) bond motifs is 1. The highest BCUT2D eigenvalue weighted by Gasteiger charge is 2.19. The van der Waals surface area contributed by atoms with Crippen LogP contribution in [0.3, 0.4) is 0 Å². The summed E-state index contributed by atoms with van der Waals surface area (Å²) in [6.45, 7) is 3.82. The SMILES string of the molecule is CON(C)C(=O)CC(O)CC(O)COc1ccc2ncnc(Nc3ccc(Oc4ccc(C)nc4)c(C)c3)c2c1. The zero-order chi connectivity index (χ0) is 28.6. The number of aromatic nitrogens is 3. The molecule has 3 N–H and O–H groups in total. The molecule has 2 unspecified atom stereocenters. The molecule has 0 aliphatic rings. The summed E-state index contributed by atoms with van der Waals surface area (Å²) in [6, 6.07) is 14.8. The van der Waals surface area contributed by atoms with Crippen LogP contribution in [0, 0.1) is 13.8 Å². The Hall–Kier alpha value is -4.32. The largest absolute Gasteiger partial charge is 0.491 e. The second kappa shape index (κ2) is 13.2. The molecule has 0 spiro atoms. The number of hydrogen-bond acceptors (Lipinski definition) is 10. The molecule has 0 saturated carbocycles. The standard InChI is InChI=1S/C29H33N5O6/c1-18-11-20(6-10-27(18)40-24-7-5-19(2)30-15-24)33-29-25-14-23(8-9-26(25)31-17-32-29)39-16-22(36)12-21(35)13-28(37)34(3)38-4/h5-11,14-15,17,21-22,35-36H,12-13,16H2,1-4H3,(H,31,32,33). The summed E-state index contributed by atoms with van der Waals surface area (Å²) >= 11 is 0. The van der Waals surface area contributed by atoms with Gasteiger partial charge >= 0.3 is 0 Å². The number of nitrogens with one attached hydrogen (secondary N) is 1. The van der Waals surface area contributed by atoms with Crippen LogP contribution in [0.5, 0.6) is 17.2 Å². The average molecular weight is 548 g/mol. The smallest absolute Gasteiger partial charge is 0.248 e. The van der Waals surface area contributed by atoms with Gasteiger partial charge in [-0.05, 0) is 67.9 Å². The Morgan fingerprint density at radius 1 is 1.00 bits per heavy atom. The number of aliphatic hydroxyl groups is 2. The van der Waals surface area contributed by atoms with E-state index in [0.29, 0.717) is 22.8 Å². The number of carbonyl (C=O) groups excluding carboxylic acids is 1. The van der Waals surface area contributed by atoms with Gasteiger partial charge in [0.2, 0.25) is 5.91 Å². The van der Waals surface area contributed by atoms with E-state index in [2.05, 4.69) is 20.3 Å². The van der Waals surface area contributed by atoms with Crippen LogP contribution in [0.2, 0.25) is 0 Å². The third-order valence-corrected chi connectivity index (χ3v) is 6.18. The van der Waals surface area contributed by atoms with Gasteiger partial charge in [0.15, 0.2) is 0 Å². The molecule has 11 heteroatoms. The Morgan fingerprint density at radius 2 is 1.80 bits per heavy atom. The number of hydroxylamine groups is 2. The average Bonchev–Trinajstić information content (AvgIpc) is 2.94. The number of anilines is 2. The molecule has 0 saturated heterocycles. The van der Waals surface area contributed by atoms with E-state index in [0.717, 1.165) is 33.1 Å². The number of amides is 1. The minimum Gasteiger partial charge on any atom is -0.491 e. The maximum atomic E-state index is 11.9. The van der Waals surface area contributed by atoms with Crippen molar-refractivity contribution in [1.82, 2.24) is 20.0 Å². The quantitative estimate of drug-likeness (QED) is 0.222. The highest BCUT2D eigenvalue weighted by molar-refractivity contribution is 5.91. The van der Waals surface area contributed by atoms with Crippen molar-refractivity contribution in [2.24, 2.45) is 0 Å². The van der Waals surface area contributed by atoms with Crippen molar-refractivity contribution in [1.29, 1.82) is 0 Å². The van der Waals surface area contributed by atoms with Gasteiger partial charge in [0.05, 0.1) is 37.5 Å². The normalized spacial score (nSPS) is 12.6. The van der Waals surface area contributed by atoms with Crippen LogP contribution in [0.4, 0.5) is 11.5 Å². The van der Waals surface area contributed by atoms with Gasteiger partial charge < -0.3 is 25.0 Å². The van der Waals surface area contributed by atoms with Crippen LogP contribution in [0.1, 0.15) is 24.1 Å². The first kappa shape index (κ1) is 28.7. The number of ether oxygens (including phenoxy) is 2. The molecule has 11 nitrogen and oxygen atoms in total. The van der Waals surface area contributed by atoms with Gasteiger partial charge in [-0.25, -0.2) is 15.0 Å². The molecule has 2 aromatic carbocycles. The summed E-state index contributed by atoms with van der Waals surface area (Å²) in [5.74, 6) is 2.08. The first-order chi connectivity index (χ1) is 19.2. The van der Waals surface area contributed by atoms with Crippen molar-refractivity contribution in [3.8, 4) is 17.2 Å². The zero-order valence-electron chi connectivity index (χ0n) is 22.9. The van der Waals surface area contributed by atoms with Gasteiger partial charge in [0.1, 0.15) is 36.0 Å². The fourth-order valence-electron chi connectivity index (χ4n) is 3.93. The van der Waals surface area contributed by atoms with Gasteiger partial charge in [0, 0.05) is 30.2 Å². The number of rotatable bonds is 12. The van der Waals surface area contributed by atoms with Gasteiger partial charge in [-0.3, -0.25) is 14.6 Å². The van der Waals surface area contributed by atoms with E-state index in [-0.39, 0.29) is 19.4 Å². The third kappa shape index (κ3) is 7.63. The minimum absolute atomic E-state index is 0.0215. The molecule has 0 bridgehead atoms. The van der Waals surface area contributed by atoms with Crippen LogP contribution in [-0.4, -0.2) is 69.1 Å². The molecular weight excluding hydrogens is 514 g/mol. The van der Waals surface area contributed by atoms with Crippen molar-refractivity contribution in [3.63, 3.8) is 0 Å². The molecule has 0 aliphatic heterocycles. The second-order valence-corrected chi connectivity index (χ2v) is 9.38. The lowest BCUT2D eigenvalue weighted by molar-refractivity contribution is -0.171. The molecular formula is C29H33N5O6. The Labute approximate surface area is 232 Å². The second-order valence-electron chi connectivity index (χ2n) is 9.38. The number of benzene rings is 2. The molecule has 210 valence electrons. The van der Waals surface area contributed by atoms with Crippen molar-refractivity contribution < 1.29 is 29.3 Å². The molecule has 2 aromatic heterocycles. The van der Waals surface area contributed by atoms with Crippen molar-refractivity contribution >= 4 is 28.3 Å². The Balaban J connectivity index is 1.40. The van der Waals surface area contributed by atoms with E-state index in [1.54, 1.807) is 24.4 Å². The summed E-state index contributed by atoms with van der Waals surface area (Å²) in [4.78, 5) is 29.7. The molecule has 2 heterocycles. The first-order valence-electron chi connectivity index (χ1n) is 12.7. The molecule has 40 heavy (non-hydrogen) atoms. The van der Waals surface area contributed by atoms with Gasteiger partial charge in [0.25, 0.3) is 0 Å². The van der Waals surface area contributed by atoms with Gasteiger partial charge in [-0.15, -0.1) is 0 Å². The summed E-state index contributed by atoms with van der Waals surface area (Å²) in [6.07, 6.45) is 0.977. The Kier molecular flexibility index (Phi) is 9.43. The maximum absolute atomic E-state index is 11.9. The number of pyridine rings is 1. The van der Waals surface area contributed by atoms with Crippen LogP contribution in [0.15, 0.2) is 61.1 Å². The van der Waals surface area contributed by atoms with Crippen LogP contribution < -0.4 is 14.8 Å². The molecule has 2 atom stereocenters. The molecule has 4 rings (SSSR count). The van der Waals surface area contributed by atoms with Crippen molar-refractivity contribution in [3.05, 3.63) is 72.3 Å². The van der Waals surface area contributed by atoms with E-state index >= 15 is 0 Å². The molecule has 0 radical (unpaired) electrons. The minimum atomic E-state index is -1.03. The third-order valence-electron chi connectivity index (χ3n) is 6.18. The lowest BCUT2D eigenvalue weighted by atomic mass is 10.1. The number of aliphatic hydroxyl groups excluding tert-OH is 2. The number of carbonyl (C=O) groups is 1. The summed E-state index contributed by atoms with van der Waals surface area (Å²) < 4.78 is 11.7. The monoisotopic (exact) mass is 547 g/mol. The Bertz CT molecular complexity index is 1450. The van der Waals surface area contributed by atoms with Crippen LogP contribution in [-0.2, 0) is 9.63 Å². The van der Waals surface area contributed by atoms with E-state index in [9.17, 15) is 15.0 Å². The highest BCUT2D eigenvalue weighted by Crippen LogP contribution is 2.31. The maximum Gasteiger partial charge on any atom is 0.248 e. The van der Waals surface area contributed by atoms with E-state index in [1.165, 1.54) is 20.5 Å².